The number of nitrogens with zero attached hydrogens (tertiary/aromatic N) is 4. The highest BCUT2D eigenvalue weighted by molar-refractivity contribution is 7.91. The highest BCUT2D eigenvalue weighted by Crippen LogP contribution is 2.46. The van der Waals surface area contributed by atoms with Gasteiger partial charge in [0.05, 0.1) is 36.0 Å². The third-order valence-electron chi connectivity index (χ3n) is 12.1. The van der Waals surface area contributed by atoms with Crippen LogP contribution >= 0.6 is 11.3 Å². The topological polar surface area (TPSA) is 177 Å². The number of carbonyl (C=O) groups excluding carboxylic acids is 4. The molecule has 2 aromatic heterocycles. The molecule has 0 spiro atoms. The molecule has 7 rings (SSSR count). The fourth-order valence-corrected chi connectivity index (χ4v) is 10.5. The molecule has 2 aliphatic carbocycles. The summed E-state index contributed by atoms with van der Waals surface area (Å²) < 4.78 is 40.2. The van der Waals surface area contributed by atoms with Crippen molar-refractivity contribution in [3.05, 3.63) is 48.0 Å². The summed E-state index contributed by atoms with van der Waals surface area (Å²) in [6.45, 7) is 15.0. The molecular formula is C43H56N6O8S2. The molecular weight excluding hydrogens is 793 g/mol. The Morgan fingerprint density at radius 1 is 1.08 bits per heavy atom. The van der Waals surface area contributed by atoms with Crippen LogP contribution in [0.2, 0.25) is 0 Å². The normalized spacial score (nSPS) is 23.8. The van der Waals surface area contributed by atoms with Crippen LogP contribution in [0.5, 0.6) is 11.5 Å². The summed E-state index contributed by atoms with van der Waals surface area (Å²) in [5.41, 5.74) is -0.0408. The van der Waals surface area contributed by atoms with Gasteiger partial charge in [-0.05, 0) is 62.0 Å². The van der Waals surface area contributed by atoms with E-state index >= 15 is 0 Å². The fourth-order valence-electron chi connectivity index (χ4n) is 8.16. The molecule has 0 radical (unpaired) electrons. The molecule has 1 aromatic carbocycles. The van der Waals surface area contributed by atoms with Crippen molar-refractivity contribution in [3.63, 3.8) is 0 Å². The number of nitrogens with one attached hydrogen (secondary N) is 2. The van der Waals surface area contributed by atoms with E-state index in [1.165, 1.54) is 22.3 Å². The van der Waals surface area contributed by atoms with Gasteiger partial charge < -0.3 is 24.6 Å². The molecule has 2 saturated heterocycles. The van der Waals surface area contributed by atoms with Gasteiger partial charge in [-0.2, -0.15) is 0 Å². The Kier molecular flexibility index (Phi) is 11.9. The molecule has 4 heterocycles. The molecule has 318 valence electrons. The van der Waals surface area contributed by atoms with Crippen LogP contribution in [0, 0.1) is 17.3 Å². The second-order valence-electron chi connectivity index (χ2n) is 17.8. The van der Waals surface area contributed by atoms with Gasteiger partial charge in [0.2, 0.25) is 27.7 Å². The first-order chi connectivity index (χ1) is 27.9. The number of hydrogen-bond acceptors (Lipinski definition) is 11. The van der Waals surface area contributed by atoms with Gasteiger partial charge in [0.25, 0.3) is 5.91 Å². The average Bonchev–Trinajstić information content (AvgIpc) is 4.08. The van der Waals surface area contributed by atoms with Crippen molar-refractivity contribution in [3.8, 4) is 22.2 Å². The second kappa shape index (κ2) is 16.5. The van der Waals surface area contributed by atoms with E-state index in [4.69, 9.17) is 19.4 Å². The van der Waals surface area contributed by atoms with Crippen LogP contribution in [0.15, 0.2) is 42.3 Å². The van der Waals surface area contributed by atoms with E-state index in [9.17, 15) is 27.6 Å². The number of ether oxygens (including phenoxy) is 2. The number of amides is 4. The lowest BCUT2D eigenvalue weighted by molar-refractivity contribution is -0.148. The SMILES string of the molecule is C=CC1C[C@]1(NC(=O)[C@@H]1C[C@@H](Oc2cc(-c3nc(C(C)C)cs3)nc3cc(OC)ccc23)CN1C(=O)C(CC(=O)N1CCCCC1)C(C)(C)C)C(=O)NS(=O)(=O)C1CC1. The highest BCUT2D eigenvalue weighted by Gasteiger charge is 2.62. The van der Waals surface area contributed by atoms with Gasteiger partial charge in [-0.1, -0.05) is 40.7 Å². The predicted molar refractivity (Wildman–Crippen MR) is 225 cm³/mol. The molecule has 4 fully saturated rings. The average molecular weight is 849 g/mol. The molecule has 2 unspecified atom stereocenters. The Labute approximate surface area is 350 Å². The number of benzene rings is 1. The van der Waals surface area contributed by atoms with E-state index in [0.717, 1.165) is 25.0 Å². The van der Waals surface area contributed by atoms with Crippen molar-refractivity contribution in [2.45, 2.75) is 115 Å². The summed E-state index contributed by atoms with van der Waals surface area (Å²) >= 11 is 1.48. The van der Waals surface area contributed by atoms with Crippen molar-refractivity contribution < 1.29 is 37.1 Å². The number of thiazole rings is 1. The van der Waals surface area contributed by atoms with E-state index < -0.39 is 62.0 Å². The van der Waals surface area contributed by atoms with Crippen molar-refractivity contribution >= 4 is 55.9 Å². The standard InChI is InChI=1S/C43H56N6O8S2/c1-8-26-22-43(26,41(53)47-59(54,55)29-13-14-29)46-38(51)35-19-28(23-49(35)40(52)31(42(4,5)6)20-37(50)48-16-10-9-11-17-48)57-36-21-33(39-45-34(24-58-39)25(2)3)44-32-18-27(56-7)12-15-30(32)36/h8,12,15,18,21,24-26,28-29,31,35H,1,9-11,13-14,16-17,19-20,22-23H2,2-7H3,(H,46,51)(H,47,53)/t26?,28-,31?,35+,43-/m1/s1. The summed E-state index contributed by atoms with van der Waals surface area (Å²) in [6.07, 6.45) is 4.86. The van der Waals surface area contributed by atoms with Crippen LogP contribution in [0.25, 0.3) is 21.6 Å². The zero-order chi connectivity index (χ0) is 42.4. The fraction of sp³-hybridized carbons (Fsp3) is 0.581. The van der Waals surface area contributed by atoms with E-state index in [1.54, 1.807) is 7.11 Å². The van der Waals surface area contributed by atoms with E-state index in [2.05, 4.69) is 30.5 Å². The maximum Gasteiger partial charge on any atom is 0.259 e. The first kappa shape index (κ1) is 42.6. The summed E-state index contributed by atoms with van der Waals surface area (Å²) in [7, 11) is -2.32. The van der Waals surface area contributed by atoms with Crippen LogP contribution in [-0.4, -0.2) is 101 Å². The maximum absolute atomic E-state index is 14.9. The lowest BCUT2D eigenvalue weighted by Crippen LogP contribution is -2.57. The van der Waals surface area contributed by atoms with Gasteiger partial charge in [0, 0.05) is 54.7 Å². The van der Waals surface area contributed by atoms with Gasteiger partial charge in [-0.15, -0.1) is 17.9 Å². The van der Waals surface area contributed by atoms with Crippen molar-refractivity contribution in [1.29, 1.82) is 0 Å². The zero-order valence-corrected chi connectivity index (χ0v) is 36.4. The zero-order valence-electron chi connectivity index (χ0n) is 34.8. The molecule has 4 aliphatic rings. The predicted octanol–water partition coefficient (Wildman–Crippen LogP) is 5.57. The van der Waals surface area contributed by atoms with Gasteiger partial charge in [0.1, 0.15) is 39.9 Å². The summed E-state index contributed by atoms with van der Waals surface area (Å²) in [5.74, 6) is -1.87. The number of aromatic nitrogens is 2. The molecule has 2 N–H and O–H groups in total. The lowest BCUT2D eigenvalue weighted by atomic mass is 9.77. The number of rotatable bonds is 14. The van der Waals surface area contributed by atoms with Crippen LogP contribution in [0.3, 0.4) is 0 Å². The Morgan fingerprint density at radius 3 is 2.42 bits per heavy atom. The summed E-state index contributed by atoms with van der Waals surface area (Å²) in [5, 5.41) is 5.65. The molecule has 5 atom stereocenters. The number of sulfonamides is 1. The Hall–Kier alpha value is -4.57. The maximum atomic E-state index is 14.9. The third-order valence-corrected chi connectivity index (χ3v) is 14.8. The van der Waals surface area contributed by atoms with Crippen LogP contribution < -0.4 is 19.5 Å². The molecule has 0 bridgehead atoms. The summed E-state index contributed by atoms with van der Waals surface area (Å²) in [4.78, 5) is 69.9. The lowest BCUT2D eigenvalue weighted by Gasteiger charge is -2.36. The molecule has 2 saturated carbocycles. The van der Waals surface area contributed by atoms with Crippen LogP contribution in [0.4, 0.5) is 0 Å². The van der Waals surface area contributed by atoms with E-state index in [-0.39, 0.29) is 43.5 Å². The first-order valence-electron chi connectivity index (χ1n) is 20.6. The van der Waals surface area contributed by atoms with Crippen LogP contribution in [0.1, 0.15) is 97.6 Å². The Morgan fingerprint density at radius 2 is 1.81 bits per heavy atom. The number of likely N-dealkylation sites (tertiary alicyclic amines) is 2. The number of carbonyl (C=O) groups is 4. The minimum atomic E-state index is -3.90. The largest absolute Gasteiger partial charge is 0.497 e. The monoisotopic (exact) mass is 848 g/mol. The molecule has 14 nitrogen and oxygen atoms in total. The summed E-state index contributed by atoms with van der Waals surface area (Å²) in [6, 6.07) is 6.20. The highest BCUT2D eigenvalue weighted by atomic mass is 32.2. The molecule has 16 heteroatoms. The number of piperidine rings is 1. The van der Waals surface area contributed by atoms with Crippen LogP contribution in [-0.2, 0) is 29.2 Å². The Balaban J connectivity index is 1.22. The molecule has 59 heavy (non-hydrogen) atoms. The number of fused-ring (bicyclic) bond motifs is 1. The minimum absolute atomic E-state index is 0.0189. The van der Waals surface area contributed by atoms with Crippen molar-refractivity contribution in [2.75, 3.05) is 26.7 Å². The van der Waals surface area contributed by atoms with Gasteiger partial charge in [0.15, 0.2) is 0 Å². The molecule has 3 aromatic rings. The smallest absolute Gasteiger partial charge is 0.259 e. The molecule has 4 amide bonds. The van der Waals surface area contributed by atoms with E-state index in [0.29, 0.717) is 59.0 Å². The minimum Gasteiger partial charge on any atom is -0.497 e. The number of methoxy groups -OCH3 is 1. The number of pyridine rings is 1. The number of hydrogen-bond donors (Lipinski definition) is 2. The first-order valence-corrected chi connectivity index (χ1v) is 23.1. The second-order valence-corrected chi connectivity index (χ2v) is 20.7. The third kappa shape index (κ3) is 8.98. The van der Waals surface area contributed by atoms with Gasteiger partial charge in [-0.25, -0.2) is 18.4 Å². The van der Waals surface area contributed by atoms with Gasteiger partial charge >= 0.3 is 0 Å². The van der Waals surface area contributed by atoms with Gasteiger partial charge in [-0.3, -0.25) is 23.9 Å². The quantitative estimate of drug-likeness (QED) is 0.195. The van der Waals surface area contributed by atoms with E-state index in [1.807, 2.05) is 55.3 Å². The van der Waals surface area contributed by atoms with Crippen molar-refractivity contribution in [1.82, 2.24) is 29.8 Å². The molecule has 2 aliphatic heterocycles. The van der Waals surface area contributed by atoms with Crippen molar-refractivity contribution in [2.24, 2.45) is 17.3 Å². The Bertz CT molecular complexity index is 2240.